The minimum absolute atomic E-state index is 0.0330. The smallest absolute Gasteiger partial charge is 0.225 e. The van der Waals surface area contributed by atoms with E-state index < -0.39 is 0 Å². The summed E-state index contributed by atoms with van der Waals surface area (Å²) in [6.45, 7) is 1.49. The molecule has 0 aliphatic carbocycles. The normalized spacial score (nSPS) is 18.2. The van der Waals surface area contributed by atoms with Crippen molar-refractivity contribution in [3.8, 4) is 0 Å². The number of fused-ring (bicyclic) bond motifs is 1. The molecule has 1 aromatic carbocycles. The molecule has 6 nitrogen and oxygen atoms in total. The number of nitrogens with zero attached hydrogens (tertiary/aromatic N) is 4. The summed E-state index contributed by atoms with van der Waals surface area (Å²) in [6, 6.07) is 10.2. The summed E-state index contributed by atoms with van der Waals surface area (Å²) in [5.41, 5.74) is 2.81. The second-order valence-corrected chi connectivity index (χ2v) is 5.71. The summed E-state index contributed by atoms with van der Waals surface area (Å²) < 4.78 is 7.86. The molecule has 6 heteroatoms. The van der Waals surface area contributed by atoms with Gasteiger partial charge in [-0.1, -0.05) is 30.3 Å². The van der Waals surface area contributed by atoms with Crippen LogP contribution in [0, 0.1) is 0 Å². The Morgan fingerprint density at radius 2 is 2.09 bits per heavy atom. The zero-order valence-corrected chi connectivity index (χ0v) is 12.9. The van der Waals surface area contributed by atoms with Crippen LogP contribution in [0.4, 0.5) is 5.95 Å². The van der Waals surface area contributed by atoms with Crippen LogP contribution in [0.15, 0.2) is 42.9 Å². The van der Waals surface area contributed by atoms with Gasteiger partial charge in [-0.05, 0) is 24.8 Å². The van der Waals surface area contributed by atoms with Gasteiger partial charge in [-0.2, -0.15) is 4.98 Å². The van der Waals surface area contributed by atoms with Gasteiger partial charge in [0.1, 0.15) is 11.7 Å². The SMILES string of the molecule is c1ccc(CNc2ncc3ncn(C4CCCCO4)c3n2)cc1. The molecule has 1 saturated heterocycles. The summed E-state index contributed by atoms with van der Waals surface area (Å²) in [7, 11) is 0. The molecule has 0 bridgehead atoms. The van der Waals surface area contributed by atoms with E-state index in [2.05, 4.69) is 32.4 Å². The van der Waals surface area contributed by atoms with E-state index in [9.17, 15) is 0 Å². The topological polar surface area (TPSA) is 64.9 Å². The lowest BCUT2D eigenvalue weighted by molar-refractivity contribution is -0.0298. The summed E-state index contributed by atoms with van der Waals surface area (Å²) in [6.07, 6.45) is 6.90. The number of ether oxygens (including phenoxy) is 1. The van der Waals surface area contributed by atoms with Crippen LogP contribution < -0.4 is 5.32 Å². The largest absolute Gasteiger partial charge is 0.358 e. The van der Waals surface area contributed by atoms with Crippen molar-refractivity contribution in [1.82, 2.24) is 19.5 Å². The van der Waals surface area contributed by atoms with E-state index in [1.807, 2.05) is 22.8 Å². The minimum atomic E-state index is 0.0330. The fourth-order valence-electron chi connectivity index (χ4n) is 2.84. The van der Waals surface area contributed by atoms with Crippen LogP contribution in [-0.4, -0.2) is 26.1 Å². The van der Waals surface area contributed by atoms with Crippen molar-refractivity contribution in [2.75, 3.05) is 11.9 Å². The molecule has 1 aliphatic rings. The average Bonchev–Trinajstić information content (AvgIpc) is 3.05. The molecule has 118 valence electrons. The first-order valence-electron chi connectivity index (χ1n) is 7.99. The molecular formula is C17H19N5O. The molecule has 23 heavy (non-hydrogen) atoms. The van der Waals surface area contributed by atoms with E-state index in [-0.39, 0.29) is 6.23 Å². The van der Waals surface area contributed by atoms with E-state index >= 15 is 0 Å². The Balaban J connectivity index is 1.56. The molecule has 0 spiro atoms. The van der Waals surface area contributed by atoms with Gasteiger partial charge in [0.15, 0.2) is 5.65 Å². The van der Waals surface area contributed by atoms with Gasteiger partial charge in [-0.3, -0.25) is 4.57 Å². The van der Waals surface area contributed by atoms with Crippen molar-refractivity contribution in [1.29, 1.82) is 0 Å². The van der Waals surface area contributed by atoms with Gasteiger partial charge in [-0.25, -0.2) is 9.97 Å². The first-order chi connectivity index (χ1) is 11.4. The average molecular weight is 309 g/mol. The Hall–Kier alpha value is -2.47. The van der Waals surface area contributed by atoms with Gasteiger partial charge in [-0.15, -0.1) is 0 Å². The highest BCUT2D eigenvalue weighted by Gasteiger charge is 2.19. The summed E-state index contributed by atoms with van der Waals surface area (Å²) in [5, 5.41) is 3.27. The van der Waals surface area contributed by atoms with Gasteiger partial charge in [0.2, 0.25) is 5.95 Å². The highest BCUT2D eigenvalue weighted by atomic mass is 16.5. The maximum Gasteiger partial charge on any atom is 0.225 e. The molecule has 1 fully saturated rings. The Bertz CT molecular complexity index is 780. The fraction of sp³-hybridized carbons (Fsp3) is 0.353. The first kappa shape index (κ1) is 14.1. The van der Waals surface area contributed by atoms with E-state index in [1.54, 1.807) is 12.5 Å². The fourth-order valence-corrected chi connectivity index (χ4v) is 2.84. The van der Waals surface area contributed by atoms with Crippen LogP contribution in [0.5, 0.6) is 0 Å². The van der Waals surface area contributed by atoms with Crippen molar-refractivity contribution in [3.05, 3.63) is 48.4 Å². The van der Waals surface area contributed by atoms with Crippen LogP contribution in [0.1, 0.15) is 31.1 Å². The van der Waals surface area contributed by atoms with Gasteiger partial charge < -0.3 is 10.1 Å². The van der Waals surface area contributed by atoms with Crippen molar-refractivity contribution < 1.29 is 4.74 Å². The van der Waals surface area contributed by atoms with Gasteiger partial charge in [0.25, 0.3) is 0 Å². The third kappa shape index (κ3) is 3.03. The monoisotopic (exact) mass is 309 g/mol. The molecule has 0 amide bonds. The van der Waals surface area contributed by atoms with Crippen LogP contribution in [0.25, 0.3) is 11.2 Å². The summed E-state index contributed by atoms with van der Waals surface area (Å²) in [5.74, 6) is 0.610. The standard InChI is InChI=1S/C17H19N5O/c1-2-6-13(7-3-1)10-18-17-19-11-14-16(21-17)22(12-20-14)15-8-4-5-9-23-15/h1-3,6-7,11-12,15H,4-5,8-10H2,(H,18,19,21). The number of hydrogen-bond acceptors (Lipinski definition) is 5. The lowest BCUT2D eigenvalue weighted by Gasteiger charge is -2.23. The van der Waals surface area contributed by atoms with Crippen LogP contribution in [0.3, 0.4) is 0 Å². The zero-order chi connectivity index (χ0) is 15.5. The summed E-state index contributed by atoms with van der Waals surface area (Å²) >= 11 is 0. The molecule has 1 unspecified atom stereocenters. The molecule has 4 rings (SSSR count). The molecule has 0 saturated carbocycles. The number of nitrogens with one attached hydrogen (secondary N) is 1. The second kappa shape index (κ2) is 6.34. The predicted molar refractivity (Wildman–Crippen MR) is 87.9 cm³/mol. The van der Waals surface area contributed by atoms with Crippen molar-refractivity contribution in [2.45, 2.75) is 32.0 Å². The molecule has 1 aliphatic heterocycles. The van der Waals surface area contributed by atoms with E-state index in [0.717, 1.165) is 30.6 Å². The Morgan fingerprint density at radius 3 is 2.91 bits per heavy atom. The van der Waals surface area contributed by atoms with E-state index in [0.29, 0.717) is 12.5 Å². The number of imidazole rings is 1. The van der Waals surface area contributed by atoms with Crippen LogP contribution >= 0.6 is 0 Å². The van der Waals surface area contributed by atoms with Crippen molar-refractivity contribution in [2.24, 2.45) is 0 Å². The number of benzene rings is 1. The zero-order valence-electron chi connectivity index (χ0n) is 12.9. The number of rotatable bonds is 4. The van der Waals surface area contributed by atoms with Gasteiger partial charge in [0, 0.05) is 13.2 Å². The Kier molecular flexibility index (Phi) is 3.90. The highest BCUT2D eigenvalue weighted by molar-refractivity contribution is 5.71. The molecule has 3 heterocycles. The predicted octanol–water partition coefficient (Wildman–Crippen LogP) is 3.14. The molecule has 3 aromatic rings. The third-order valence-corrected chi connectivity index (χ3v) is 4.08. The van der Waals surface area contributed by atoms with Crippen LogP contribution in [0.2, 0.25) is 0 Å². The van der Waals surface area contributed by atoms with Gasteiger partial charge in [0.05, 0.1) is 12.5 Å². The van der Waals surface area contributed by atoms with E-state index in [4.69, 9.17) is 4.74 Å². The Labute approximate surface area is 134 Å². The maximum atomic E-state index is 5.84. The van der Waals surface area contributed by atoms with Crippen LogP contribution in [-0.2, 0) is 11.3 Å². The molecular weight excluding hydrogens is 290 g/mol. The summed E-state index contributed by atoms with van der Waals surface area (Å²) in [4.78, 5) is 13.3. The second-order valence-electron chi connectivity index (χ2n) is 5.71. The Morgan fingerprint density at radius 1 is 1.17 bits per heavy atom. The maximum absolute atomic E-state index is 5.84. The lowest BCUT2D eigenvalue weighted by Crippen LogP contribution is -2.18. The number of hydrogen-bond donors (Lipinski definition) is 1. The molecule has 1 atom stereocenters. The molecule has 2 aromatic heterocycles. The van der Waals surface area contributed by atoms with Gasteiger partial charge >= 0.3 is 0 Å². The quantitative estimate of drug-likeness (QED) is 0.802. The highest BCUT2D eigenvalue weighted by Crippen LogP contribution is 2.25. The molecule has 1 N–H and O–H groups in total. The third-order valence-electron chi connectivity index (χ3n) is 4.08. The first-order valence-corrected chi connectivity index (χ1v) is 7.99. The molecule has 0 radical (unpaired) electrons. The number of aromatic nitrogens is 4. The van der Waals surface area contributed by atoms with Crippen molar-refractivity contribution >= 4 is 17.1 Å². The van der Waals surface area contributed by atoms with Crippen molar-refractivity contribution in [3.63, 3.8) is 0 Å². The van der Waals surface area contributed by atoms with E-state index in [1.165, 1.54) is 12.0 Å². The minimum Gasteiger partial charge on any atom is -0.358 e. The number of anilines is 1. The lowest BCUT2D eigenvalue weighted by atomic mass is 10.2.